The van der Waals surface area contributed by atoms with Crippen molar-refractivity contribution in [1.29, 1.82) is 0 Å². The summed E-state index contributed by atoms with van der Waals surface area (Å²) in [5, 5.41) is 4.37. The maximum atomic E-state index is 12.5. The lowest BCUT2D eigenvalue weighted by atomic mass is 9.90. The summed E-state index contributed by atoms with van der Waals surface area (Å²) in [6.45, 7) is 1.67. The maximum absolute atomic E-state index is 12.5. The molecule has 0 atom stereocenters. The fourth-order valence-electron chi connectivity index (χ4n) is 3.72. The maximum Gasteiger partial charge on any atom is 0.246 e. The van der Waals surface area contributed by atoms with Crippen LogP contribution in [-0.2, 0) is 11.2 Å². The van der Waals surface area contributed by atoms with Gasteiger partial charge < -0.3 is 4.90 Å². The quantitative estimate of drug-likeness (QED) is 0.625. The first-order valence-electron chi connectivity index (χ1n) is 9.89. The van der Waals surface area contributed by atoms with E-state index in [4.69, 9.17) is 0 Å². The number of rotatable bonds is 5. The molecule has 0 N–H and O–H groups in total. The van der Waals surface area contributed by atoms with Crippen LogP contribution in [0, 0.1) is 5.92 Å². The molecule has 1 fully saturated rings. The number of carbonyl (C=O) groups is 1. The summed E-state index contributed by atoms with van der Waals surface area (Å²) in [6, 6.07) is 20.6. The van der Waals surface area contributed by atoms with Gasteiger partial charge in [0.2, 0.25) is 5.91 Å². The monoisotopic (exact) mass is 371 g/mol. The third-order valence-electron chi connectivity index (χ3n) is 5.34. The molecule has 142 valence electrons. The van der Waals surface area contributed by atoms with Crippen molar-refractivity contribution in [1.82, 2.24) is 14.7 Å². The van der Waals surface area contributed by atoms with Gasteiger partial charge in [-0.2, -0.15) is 5.10 Å². The lowest BCUT2D eigenvalue weighted by Gasteiger charge is -2.31. The molecule has 1 amide bonds. The first-order chi connectivity index (χ1) is 13.8. The van der Waals surface area contributed by atoms with Crippen LogP contribution in [0.25, 0.3) is 11.8 Å². The average Bonchev–Trinajstić information content (AvgIpc) is 3.23. The number of hydrogen-bond acceptors (Lipinski definition) is 2. The lowest BCUT2D eigenvalue weighted by Crippen LogP contribution is -2.37. The van der Waals surface area contributed by atoms with E-state index in [0.29, 0.717) is 5.92 Å². The van der Waals surface area contributed by atoms with Crippen molar-refractivity contribution in [3.05, 3.63) is 90.3 Å². The molecule has 4 rings (SSSR count). The van der Waals surface area contributed by atoms with E-state index in [9.17, 15) is 4.79 Å². The number of likely N-dealkylation sites (tertiary alicyclic amines) is 1. The van der Waals surface area contributed by atoms with Crippen LogP contribution in [0.2, 0.25) is 0 Å². The minimum Gasteiger partial charge on any atom is -0.339 e. The van der Waals surface area contributed by atoms with E-state index in [2.05, 4.69) is 35.4 Å². The molecule has 28 heavy (non-hydrogen) atoms. The number of para-hydroxylation sites is 1. The highest BCUT2D eigenvalue weighted by molar-refractivity contribution is 5.91. The van der Waals surface area contributed by atoms with Crippen LogP contribution in [0.1, 0.15) is 24.0 Å². The highest BCUT2D eigenvalue weighted by Crippen LogP contribution is 2.22. The summed E-state index contributed by atoms with van der Waals surface area (Å²) >= 11 is 0. The van der Waals surface area contributed by atoms with E-state index in [0.717, 1.165) is 43.6 Å². The van der Waals surface area contributed by atoms with Gasteiger partial charge >= 0.3 is 0 Å². The molecule has 0 aliphatic carbocycles. The minimum absolute atomic E-state index is 0.0885. The fraction of sp³-hybridized carbons (Fsp3) is 0.250. The zero-order chi connectivity index (χ0) is 19.2. The fourth-order valence-corrected chi connectivity index (χ4v) is 3.72. The Morgan fingerprint density at radius 3 is 2.39 bits per heavy atom. The number of benzene rings is 2. The Balaban J connectivity index is 1.29. The van der Waals surface area contributed by atoms with E-state index in [-0.39, 0.29) is 5.91 Å². The molecule has 1 saturated heterocycles. The van der Waals surface area contributed by atoms with E-state index < -0.39 is 0 Å². The van der Waals surface area contributed by atoms with E-state index >= 15 is 0 Å². The molecule has 0 bridgehead atoms. The molecule has 1 aliphatic rings. The van der Waals surface area contributed by atoms with Crippen LogP contribution in [0.15, 0.2) is 79.1 Å². The molecule has 4 heteroatoms. The van der Waals surface area contributed by atoms with Gasteiger partial charge in [-0.05, 0) is 49.0 Å². The zero-order valence-corrected chi connectivity index (χ0v) is 15.9. The minimum atomic E-state index is 0.0885. The summed E-state index contributed by atoms with van der Waals surface area (Å²) in [7, 11) is 0. The van der Waals surface area contributed by atoms with Crippen molar-refractivity contribution in [3.63, 3.8) is 0 Å². The number of piperidine rings is 1. The second-order valence-corrected chi connectivity index (χ2v) is 7.35. The van der Waals surface area contributed by atoms with Crippen LogP contribution in [-0.4, -0.2) is 33.7 Å². The molecular formula is C24H25N3O. The normalized spacial score (nSPS) is 15.2. The second-order valence-electron chi connectivity index (χ2n) is 7.35. The lowest BCUT2D eigenvalue weighted by molar-refractivity contribution is -0.127. The molecule has 0 saturated carbocycles. The van der Waals surface area contributed by atoms with Crippen molar-refractivity contribution in [2.75, 3.05) is 13.1 Å². The van der Waals surface area contributed by atoms with Crippen LogP contribution in [0.4, 0.5) is 0 Å². The Labute approximate surface area is 166 Å². The Hall–Kier alpha value is -3.14. The van der Waals surface area contributed by atoms with E-state index in [1.165, 1.54) is 5.56 Å². The highest BCUT2D eigenvalue weighted by atomic mass is 16.2. The van der Waals surface area contributed by atoms with Crippen LogP contribution >= 0.6 is 0 Å². The standard InChI is InChI=1S/C24H25N3O/c28-24(12-11-22-18-25-27(19-22)23-9-5-2-6-10-23)26-15-13-21(14-16-26)17-20-7-3-1-4-8-20/h1-12,18-19,21H,13-17H2/b12-11+. The zero-order valence-electron chi connectivity index (χ0n) is 15.9. The Morgan fingerprint density at radius 1 is 1.00 bits per heavy atom. The Morgan fingerprint density at radius 2 is 1.68 bits per heavy atom. The van der Waals surface area contributed by atoms with Gasteiger partial charge in [-0.1, -0.05) is 48.5 Å². The Kier molecular flexibility index (Phi) is 5.66. The van der Waals surface area contributed by atoms with Crippen molar-refractivity contribution >= 4 is 12.0 Å². The van der Waals surface area contributed by atoms with Gasteiger partial charge in [0, 0.05) is 30.9 Å². The van der Waals surface area contributed by atoms with Gasteiger partial charge in [0.25, 0.3) is 0 Å². The van der Waals surface area contributed by atoms with Crippen LogP contribution in [0.5, 0.6) is 0 Å². The van der Waals surface area contributed by atoms with Gasteiger partial charge in [0.1, 0.15) is 0 Å². The molecule has 2 heterocycles. The topological polar surface area (TPSA) is 38.1 Å². The number of nitrogens with zero attached hydrogens (tertiary/aromatic N) is 3. The molecule has 1 aromatic heterocycles. The second kappa shape index (κ2) is 8.70. The SMILES string of the molecule is O=C(/C=C/c1cnn(-c2ccccc2)c1)N1CCC(Cc2ccccc2)CC1. The Bertz CT molecular complexity index is 923. The molecule has 0 radical (unpaired) electrons. The summed E-state index contributed by atoms with van der Waals surface area (Å²) in [4.78, 5) is 14.5. The molecule has 3 aromatic rings. The van der Waals surface area contributed by atoms with Gasteiger partial charge in [0.15, 0.2) is 0 Å². The first kappa shape index (κ1) is 18.2. The largest absolute Gasteiger partial charge is 0.339 e. The first-order valence-corrected chi connectivity index (χ1v) is 9.89. The summed E-state index contributed by atoms with van der Waals surface area (Å²) < 4.78 is 1.82. The summed E-state index contributed by atoms with van der Waals surface area (Å²) in [5.74, 6) is 0.755. The van der Waals surface area contributed by atoms with Gasteiger partial charge in [-0.15, -0.1) is 0 Å². The van der Waals surface area contributed by atoms with Gasteiger partial charge in [-0.3, -0.25) is 4.79 Å². The molecule has 2 aromatic carbocycles. The third-order valence-corrected chi connectivity index (χ3v) is 5.34. The van der Waals surface area contributed by atoms with Crippen LogP contribution < -0.4 is 0 Å². The molecule has 4 nitrogen and oxygen atoms in total. The highest BCUT2D eigenvalue weighted by Gasteiger charge is 2.21. The predicted molar refractivity (Wildman–Crippen MR) is 112 cm³/mol. The number of carbonyl (C=O) groups excluding carboxylic acids is 1. The average molecular weight is 371 g/mol. The van der Waals surface area contributed by atoms with Crippen molar-refractivity contribution in [2.24, 2.45) is 5.92 Å². The van der Waals surface area contributed by atoms with Gasteiger partial charge in [-0.25, -0.2) is 4.68 Å². The summed E-state index contributed by atoms with van der Waals surface area (Å²) in [5.41, 5.74) is 3.33. The smallest absolute Gasteiger partial charge is 0.246 e. The summed E-state index contributed by atoms with van der Waals surface area (Å²) in [6.07, 6.45) is 10.5. The van der Waals surface area contributed by atoms with Crippen molar-refractivity contribution in [2.45, 2.75) is 19.3 Å². The van der Waals surface area contributed by atoms with E-state index in [1.807, 2.05) is 52.2 Å². The third kappa shape index (κ3) is 4.58. The van der Waals surface area contributed by atoms with E-state index in [1.54, 1.807) is 12.3 Å². The molecule has 1 aliphatic heterocycles. The van der Waals surface area contributed by atoms with Crippen molar-refractivity contribution < 1.29 is 4.79 Å². The molecule has 0 unspecified atom stereocenters. The van der Waals surface area contributed by atoms with Crippen LogP contribution in [0.3, 0.4) is 0 Å². The predicted octanol–water partition coefficient (Wildman–Crippen LogP) is 4.37. The van der Waals surface area contributed by atoms with Crippen molar-refractivity contribution in [3.8, 4) is 5.69 Å². The number of aromatic nitrogens is 2. The number of amides is 1. The van der Waals surface area contributed by atoms with Gasteiger partial charge in [0.05, 0.1) is 11.9 Å². The molecule has 0 spiro atoms. The number of hydrogen-bond donors (Lipinski definition) is 0. The molecular weight excluding hydrogens is 346 g/mol.